The van der Waals surface area contributed by atoms with E-state index in [2.05, 4.69) is 0 Å². The summed E-state index contributed by atoms with van der Waals surface area (Å²) in [5.41, 5.74) is 0.416. The van der Waals surface area contributed by atoms with Crippen molar-refractivity contribution in [3.8, 4) is 5.75 Å². The van der Waals surface area contributed by atoms with Crippen LogP contribution in [0.5, 0.6) is 5.75 Å². The maximum absolute atomic E-state index is 14.2. The largest absolute Gasteiger partial charge is 0.494 e. The van der Waals surface area contributed by atoms with Crippen LogP contribution in [0, 0.1) is 11.7 Å². The Kier molecular flexibility index (Phi) is 5.25. The second-order valence-electron chi connectivity index (χ2n) is 6.94. The molecule has 6 heteroatoms. The van der Waals surface area contributed by atoms with E-state index >= 15 is 0 Å². The van der Waals surface area contributed by atoms with Gasteiger partial charge in [-0.25, -0.2) is 9.18 Å². The van der Waals surface area contributed by atoms with Crippen molar-refractivity contribution in [1.82, 2.24) is 4.90 Å². The first kappa shape index (κ1) is 17.7. The molecule has 0 aromatic heterocycles. The number of hydrogen-bond donors (Lipinski definition) is 1. The third-order valence-electron chi connectivity index (χ3n) is 5.53. The number of carboxylic acid groups (broad SMARTS) is 1. The Morgan fingerprint density at radius 3 is 2.80 bits per heavy atom. The second-order valence-corrected chi connectivity index (χ2v) is 6.94. The molecule has 0 radical (unpaired) electrons. The zero-order valence-corrected chi connectivity index (χ0v) is 14.4. The number of ether oxygens (including phenoxy) is 1. The molecule has 3 atom stereocenters. The molecule has 1 aromatic rings. The summed E-state index contributed by atoms with van der Waals surface area (Å²) in [6.07, 6.45) is 4.88. The molecule has 2 fully saturated rings. The summed E-state index contributed by atoms with van der Waals surface area (Å²) in [5, 5.41) is 9.51. The average molecular weight is 349 g/mol. The molecule has 5 nitrogen and oxygen atoms in total. The van der Waals surface area contributed by atoms with Crippen molar-refractivity contribution < 1.29 is 23.8 Å². The van der Waals surface area contributed by atoms with E-state index in [-0.39, 0.29) is 36.5 Å². The lowest BCUT2D eigenvalue weighted by Crippen LogP contribution is -2.46. The molecule has 2 aliphatic rings. The minimum atomic E-state index is -0.935. The molecule has 1 amide bonds. The first-order chi connectivity index (χ1) is 12.0. The van der Waals surface area contributed by atoms with Crippen LogP contribution in [0.4, 0.5) is 4.39 Å². The lowest BCUT2D eigenvalue weighted by atomic mass is 9.84. The number of nitrogens with zero attached hydrogens (tertiary/aromatic N) is 1. The van der Waals surface area contributed by atoms with E-state index in [1.165, 1.54) is 13.2 Å². The number of carbonyl (C=O) groups is 2. The molecule has 25 heavy (non-hydrogen) atoms. The molecule has 1 N–H and O–H groups in total. The van der Waals surface area contributed by atoms with Gasteiger partial charge in [0.25, 0.3) is 0 Å². The van der Waals surface area contributed by atoms with Crippen LogP contribution in [0.3, 0.4) is 0 Å². The summed E-state index contributed by atoms with van der Waals surface area (Å²) in [4.78, 5) is 25.9. The van der Waals surface area contributed by atoms with Gasteiger partial charge in [0.1, 0.15) is 6.04 Å². The van der Waals surface area contributed by atoms with E-state index in [1.807, 2.05) is 0 Å². The highest BCUT2D eigenvalue weighted by atomic mass is 19.1. The number of methoxy groups -OCH3 is 1. The molecule has 3 rings (SSSR count). The van der Waals surface area contributed by atoms with Crippen LogP contribution in [0.15, 0.2) is 18.2 Å². The van der Waals surface area contributed by atoms with Crippen LogP contribution in [0.2, 0.25) is 0 Å². The number of amides is 1. The van der Waals surface area contributed by atoms with Crippen LogP contribution in [0.25, 0.3) is 0 Å². The number of likely N-dealkylation sites (tertiary alicyclic amines) is 1. The lowest BCUT2D eigenvalue weighted by Gasteiger charge is -2.33. The molecular formula is C19H24FNO4. The van der Waals surface area contributed by atoms with Gasteiger partial charge in [-0.05, 0) is 43.2 Å². The van der Waals surface area contributed by atoms with Gasteiger partial charge in [-0.15, -0.1) is 0 Å². The van der Waals surface area contributed by atoms with Gasteiger partial charge in [-0.2, -0.15) is 0 Å². The van der Waals surface area contributed by atoms with E-state index in [0.29, 0.717) is 12.0 Å². The van der Waals surface area contributed by atoms with Gasteiger partial charge in [0, 0.05) is 12.5 Å². The van der Waals surface area contributed by atoms with Crippen molar-refractivity contribution in [3.63, 3.8) is 0 Å². The van der Waals surface area contributed by atoms with Crippen molar-refractivity contribution in [1.29, 1.82) is 0 Å². The van der Waals surface area contributed by atoms with Crippen LogP contribution in [-0.2, 0) is 16.0 Å². The van der Waals surface area contributed by atoms with E-state index in [9.17, 15) is 19.1 Å². The van der Waals surface area contributed by atoms with Gasteiger partial charge in [0.2, 0.25) is 5.91 Å². The number of carboxylic acids is 1. The Balaban J connectivity index is 1.72. The standard InChI is InChI=1S/C19H24FNO4/c1-25-16-8-4-6-12(18(16)20)9-10-17(22)21-14-7-3-2-5-13(14)11-15(21)19(23)24/h4,6,8,13-15H,2-3,5,7,9-11H2,1H3,(H,23,24). The fourth-order valence-corrected chi connectivity index (χ4v) is 4.32. The number of fused-ring (bicyclic) bond motifs is 1. The molecule has 136 valence electrons. The molecule has 0 bridgehead atoms. The SMILES string of the molecule is COc1cccc(CCC(=O)N2C(C(=O)O)CC3CCCCC32)c1F. The van der Waals surface area contributed by atoms with Gasteiger partial charge in [-0.3, -0.25) is 4.79 Å². The van der Waals surface area contributed by atoms with Crippen LogP contribution in [0.1, 0.15) is 44.1 Å². The van der Waals surface area contributed by atoms with Gasteiger partial charge in [0.15, 0.2) is 11.6 Å². The number of hydrogen-bond acceptors (Lipinski definition) is 3. The number of carbonyl (C=O) groups excluding carboxylic acids is 1. The highest BCUT2D eigenvalue weighted by molar-refractivity contribution is 5.85. The molecule has 0 spiro atoms. The fraction of sp³-hybridized carbons (Fsp3) is 0.579. The summed E-state index contributed by atoms with van der Waals surface area (Å²) in [5.74, 6) is -1.14. The lowest BCUT2D eigenvalue weighted by molar-refractivity contribution is -0.149. The molecule has 1 aromatic carbocycles. The number of benzene rings is 1. The average Bonchev–Trinajstić information content (AvgIpc) is 3.00. The predicted octanol–water partition coefficient (Wildman–Crippen LogP) is 3.01. The Morgan fingerprint density at radius 2 is 2.08 bits per heavy atom. The van der Waals surface area contributed by atoms with Crippen LogP contribution >= 0.6 is 0 Å². The van der Waals surface area contributed by atoms with E-state index in [1.54, 1.807) is 17.0 Å². The Labute approximate surface area is 146 Å². The van der Waals surface area contributed by atoms with Crippen LogP contribution < -0.4 is 4.74 Å². The molecule has 1 heterocycles. The highest BCUT2D eigenvalue weighted by Gasteiger charge is 2.47. The maximum atomic E-state index is 14.2. The van der Waals surface area contributed by atoms with Crippen LogP contribution in [-0.4, -0.2) is 41.1 Å². The molecular weight excluding hydrogens is 325 g/mol. The zero-order chi connectivity index (χ0) is 18.0. The number of aryl methyl sites for hydroxylation is 1. The predicted molar refractivity (Wildman–Crippen MR) is 89.9 cm³/mol. The first-order valence-electron chi connectivity index (χ1n) is 8.88. The summed E-state index contributed by atoms with van der Waals surface area (Å²) < 4.78 is 19.2. The summed E-state index contributed by atoms with van der Waals surface area (Å²) in [6.45, 7) is 0. The Bertz CT molecular complexity index is 663. The third-order valence-corrected chi connectivity index (χ3v) is 5.53. The minimum absolute atomic E-state index is 0.0255. The Morgan fingerprint density at radius 1 is 1.32 bits per heavy atom. The van der Waals surface area contributed by atoms with Gasteiger partial charge in [0.05, 0.1) is 7.11 Å². The molecule has 1 saturated carbocycles. The van der Waals surface area contributed by atoms with Gasteiger partial charge < -0.3 is 14.7 Å². The number of halogens is 1. The second kappa shape index (κ2) is 7.42. The van der Waals surface area contributed by atoms with E-state index < -0.39 is 17.8 Å². The minimum Gasteiger partial charge on any atom is -0.494 e. The van der Waals surface area contributed by atoms with Crippen molar-refractivity contribution >= 4 is 11.9 Å². The molecule has 1 saturated heterocycles. The Hall–Kier alpha value is -2.11. The molecule has 1 aliphatic carbocycles. The molecule has 3 unspecified atom stereocenters. The topological polar surface area (TPSA) is 66.8 Å². The monoisotopic (exact) mass is 349 g/mol. The van der Waals surface area contributed by atoms with Crippen molar-refractivity contribution in [3.05, 3.63) is 29.6 Å². The highest BCUT2D eigenvalue weighted by Crippen LogP contribution is 2.40. The summed E-state index contributed by atoms with van der Waals surface area (Å²) in [7, 11) is 1.40. The van der Waals surface area contributed by atoms with Crippen molar-refractivity contribution in [2.75, 3.05) is 7.11 Å². The first-order valence-corrected chi connectivity index (χ1v) is 8.88. The van der Waals surface area contributed by atoms with Gasteiger partial charge >= 0.3 is 5.97 Å². The third kappa shape index (κ3) is 3.48. The smallest absolute Gasteiger partial charge is 0.326 e. The normalized spacial score (nSPS) is 25.5. The van der Waals surface area contributed by atoms with E-state index in [4.69, 9.17) is 4.74 Å². The van der Waals surface area contributed by atoms with Gasteiger partial charge in [-0.1, -0.05) is 25.0 Å². The quantitative estimate of drug-likeness (QED) is 0.887. The number of rotatable bonds is 5. The number of aliphatic carboxylic acids is 1. The fourth-order valence-electron chi connectivity index (χ4n) is 4.32. The van der Waals surface area contributed by atoms with E-state index in [0.717, 1.165) is 25.7 Å². The maximum Gasteiger partial charge on any atom is 0.326 e. The zero-order valence-electron chi connectivity index (χ0n) is 14.4. The summed E-state index contributed by atoms with van der Waals surface area (Å²) in [6, 6.07) is 4.14. The van der Waals surface area contributed by atoms with Crippen molar-refractivity contribution in [2.45, 2.75) is 57.0 Å². The van der Waals surface area contributed by atoms with Crippen molar-refractivity contribution in [2.24, 2.45) is 5.92 Å². The summed E-state index contributed by atoms with van der Waals surface area (Å²) >= 11 is 0. The molecule has 1 aliphatic heterocycles.